The summed E-state index contributed by atoms with van der Waals surface area (Å²) in [7, 11) is 1.66. The molecule has 0 saturated heterocycles. The van der Waals surface area contributed by atoms with E-state index in [1.54, 1.807) is 7.11 Å². The second-order valence-corrected chi connectivity index (χ2v) is 4.72. The molecule has 5 nitrogen and oxygen atoms in total. The zero-order chi connectivity index (χ0) is 15.1. The van der Waals surface area contributed by atoms with E-state index in [1.807, 2.05) is 37.3 Å². The number of methoxy groups -OCH3 is 1. The highest BCUT2D eigenvalue weighted by Crippen LogP contribution is 2.15. The summed E-state index contributed by atoms with van der Waals surface area (Å²) in [6.45, 7) is 5.28. The molecule has 0 fully saturated rings. The number of rotatable bonds is 7. The molecule has 0 aliphatic rings. The maximum absolute atomic E-state index is 5.55. The van der Waals surface area contributed by atoms with Gasteiger partial charge in [-0.3, -0.25) is 0 Å². The number of ether oxygens (including phenoxy) is 2. The van der Waals surface area contributed by atoms with Gasteiger partial charge in [0.1, 0.15) is 5.75 Å². The van der Waals surface area contributed by atoms with E-state index in [-0.39, 0.29) is 0 Å². The lowest BCUT2D eigenvalue weighted by Gasteiger charge is -2.09. The Morgan fingerprint density at radius 2 is 2.05 bits per heavy atom. The number of benzene rings is 1. The number of anilines is 1. The van der Waals surface area contributed by atoms with Crippen molar-refractivity contribution in [3.8, 4) is 11.6 Å². The number of aromatic nitrogens is 2. The molecule has 0 atom stereocenters. The van der Waals surface area contributed by atoms with Gasteiger partial charge in [0.2, 0.25) is 11.8 Å². The van der Waals surface area contributed by atoms with Gasteiger partial charge in [-0.15, -0.1) is 0 Å². The molecular formula is C16H21N3O2. The van der Waals surface area contributed by atoms with Gasteiger partial charge in [-0.2, -0.15) is 4.98 Å². The van der Waals surface area contributed by atoms with Crippen molar-refractivity contribution in [2.45, 2.75) is 26.8 Å². The Kier molecular flexibility index (Phi) is 5.37. The monoisotopic (exact) mass is 287 g/mol. The molecule has 1 aromatic heterocycles. The van der Waals surface area contributed by atoms with Gasteiger partial charge in [-0.25, -0.2) is 4.98 Å². The van der Waals surface area contributed by atoms with E-state index in [1.165, 1.54) is 0 Å². The van der Waals surface area contributed by atoms with E-state index in [2.05, 4.69) is 22.2 Å². The molecule has 2 aromatic rings. The van der Waals surface area contributed by atoms with Crippen molar-refractivity contribution in [1.82, 2.24) is 9.97 Å². The molecule has 1 aromatic carbocycles. The summed E-state index contributed by atoms with van der Waals surface area (Å²) in [5.41, 5.74) is 1.99. The van der Waals surface area contributed by atoms with Crippen molar-refractivity contribution in [1.29, 1.82) is 0 Å². The van der Waals surface area contributed by atoms with E-state index in [0.717, 1.165) is 23.4 Å². The molecule has 0 bridgehead atoms. The van der Waals surface area contributed by atoms with Gasteiger partial charge in [-0.05, 0) is 31.0 Å². The fourth-order valence-electron chi connectivity index (χ4n) is 1.86. The van der Waals surface area contributed by atoms with Crippen LogP contribution in [0.5, 0.6) is 11.6 Å². The number of aryl methyl sites for hydroxylation is 1. The lowest BCUT2D eigenvalue weighted by atomic mass is 10.2. The van der Waals surface area contributed by atoms with E-state index in [0.29, 0.717) is 25.0 Å². The van der Waals surface area contributed by atoms with Crippen molar-refractivity contribution in [2.75, 3.05) is 19.0 Å². The molecular weight excluding hydrogens is 266 g/mol. The van der Waals surface area contributed by atoms with Crippen LogP contribution in [0.1, 0.15) is 24.6 Å². The lowest BCUT2D eigenvalue weighted by molar-refractivity contribution is 0.305. The Hall–Kier alpha value is -2.30. The summed E-state index contributed by atoms with van der Waals surface area (Å²) in [5.74, 6) is 2.02. The van der Waals surface area contributed by atoms with Crippen molar-refractivity contribution < 1.29 is 9.47 Å². The van der Waals surface area contributed by atoms with Crippen molar-refractivity contribution in [3.63, 3.8) is 0 Å². The maximum Gasteiger partial charge on any atom is 0.226 e. The SMILES string of the molecule is CCCOc1cc(C)nc(NCc2cccc(OC)c2)n1. The molecule has 0 unspecified atom stereocenters. The van der Waals surface area contributed by atoms with Crippen LogP contribution < -0.4 is 14.8 Å². The number of hydrogen-bond donors (Lipinski definition) is 1. The molecule has 2 rings (SSSR count). The van der Waals surface area contributed by atoms with Crippen LogP contribution in [0, 0.1) is 6.92 Å². The van der Waals surface area contributed by atoms with Crippen LogP contribution in [0.4, 0.5) is 5.95 Å². The van der Waals surface area contributed by atoms with E-state index >= 15 is 0 Å². The third kappa shape index (κ3) is 4.63. The highest BCUT2D eigenvalue weighted by molar-refractivity contribution is 5.34. The van der Waals surface area contributed by atoms with Gasteiger partial charge in [0, 0.05) is 18.3 Å². The van der Waals surface area contributed by atoms with Crippen LogP contribution in [0.25, 0.3) is 0 Å². The minimum Gasteiger partial charge on any atom is -0.497 e. The molecule has 0 saturated carbocycles. The predicted molar refractivity (Wildman–Crippen MR) is 82.9 cm³/mol. The molecule has 5 heteroatoms. The van der Waals surface area contributed by atoms with Crippen LogP contribution in [0.3, 0.4) is 0 Å². The Balaban J connectivity index is 2.03. The van der Waals surface area contributed by atoms with Gasteiger partial charge in [-0.1, -0.05) is 19.1 Å². The zero-order valence-corrected chi connectivity index (χ0v) is 12.7. The third-order valence-corrected chi connectivity index (χ3v) is 2.87. The molecule has 112 valence electrons. The molecule has 21 heavy (non-hydrogen) atoms. The zero-order valence-electron chi connectivity index (χ0n) is 12.7. The predicted octanol–water partition coefficient (Wildman–Crippen LogP) is 3.19. The van der Waals surface area contributed by atoms with E-state index < -0.39 is 0 Å². The highest BCUT2D eigenvalue weighted by Gasteiger charge is 2.03. The second kappa shape index (κ2) is 7.47. The molecule has 0 spiro atoms. The average molecular weight is 287 g/mol. The normalized spacial score (nSPS) is 10.2. The molecule has 1 heterocycles. The lowest BCUT2D eigenvalue weighted by Crippen LogP contribution is -2.06. The summed E-state index contributed by atoms with van der Waals surface area (Å²) in [4.78, 5) is 8.72. The fourth-order valence-corrected chi connectivity index (χ4v) is 1.86. The summed E-state index contributed by atoms with van der Waals surface area (Å²) in [6, 6.07) is 9.73. The van der Waals surface area contributed by atoms with Crippen molar-refractivity contribution in [3.05, 3.63) is 41.6 Å². The topological polar surface area (TPSA) is 56.3 Å². The van der Waals surface area contributed by atoms with Gasteiger partial charge < -0.3 is 14.8 Å². The average Bonchev–Trinajstić information content (AvgIpc) is 2.50. The van der Waals surface area contributed by atoms with Crippen LogP contribution in [-0.4, -0.2) is 23.7 Å². The Morgan fingerprint density at radius 3 is 2.81 bits per heavy atom. The van der Waals surface area contributed by atoms with Crippen LogP contribution in [0.2, 0.25) is 0 Å². The smallest absolute Gasteiger partial charge is 0.226 e. The summed E-state index contributed by atoms with van der Waals surface area (Å²) in [6.07, 6.45) is 0.954. The minimum atomic E-state index is 0.573. The first-order valence-electron chi connectivity index (χ1n) is 7.06. The Morgan fingerprint density at radius 1 is 1.19 bits per heavy atom. The Bertz CT molecular complexity index is 587. The van der Waals surface area contributed by atoms with Crippen LogP contribution in [-0.2, 0) is 6.54 Å². The molecule has 0 aliphatic heterocycles. The van der Waals surface area contributed by atoms with Crippen LogP contribution in [0.15, 0.2) is 30.3 Å². The summed E-state index contributed by atoms with van der Waals surface area (Å²) < 4.78 is 10.8. The standard InChI is InChI=1S/C16H21N3O2/c1-4-8-21-15-9-12(2)18-16(19-15)17-11-13-6-5-7-14(10-13)20-3/h5-7,9-10H,4,8,11H2,1-3H3,(H,17,18,19). The first-order chi connectivity index (χ1) is 10.2. The van der Waals surface area contributed by atoms with E-state index in [4.69, 9.17) is 9.47 Å². The van der Waals surface area contributed by atoms with Crippen molar-refractivity contribution >= 4 is 5.95 Å². The van der Waals surface area contributed by atoms with Gasteiger partial charge in [0.05, 0.1) is 13.7 Å². The van der Waals surface area contributed by atoms with Crippen LogP contribution >= 0.6 is 0 Å². The molecule has 0 aliphatic carbocycles. The quantitative estimate of drug-likeness (QED) is 0.847. The first kappa shape index (κ1) is 15.1. The van der Waals surface area contributed by atoms with Gasteiger partial charge in [0.25, 0.3) is 0 Å². The Labute approximate surface area is 125 Å². The summed E-state index contributed by atoms with van der Waals surface area (Å²) >= 11 is 0. The molecule has 0 amide bonds. The molecule has 1 N–H and O–H groups in total. The second-order valence-electron chi connectivity index (χ2n) is 4.72. The largest absolute Gasteiger partial charge is 0.497 e. The van der Waals surface area contributed by atoms with Crippen molar-refractivity contribution in [2.24, 2.45) is 0 Å². The fraction of sp³-hybridized carbons (Fsp3) is 0.375. The summed E-state index contributed by atoms with van der Waals surface area (Å²) in [5, 5.41) is 3.21. The van der Waals surface area contributed by atoms with Gasteiger partial charge >= 0.3 is 0 Å². The molecule has 0 radical (unpaired) electrons. The maximum atomic E-state index is 5.55. The number of nitrogens with one attached hydrogen (secondary N) is 1. The first-order valence-corrected chi connectivity index (χ1v) is 7.06. The van der Waals surface area contributed by atoms with Gasteiger partial charge in [0.15, 0.2) is 0 Å². The third-order valence-electron chi connectivity index (χ3n) is 2.87. The number of hydrogen-bond acceptors (Lipinski definition) is 5. The van der Waals surface area contributed by atoms with E-state index in [9.17, 15) is 0 Å². The highest BCUT2D eigenvalue weighted by atomic mass is 16.5. The minimum absolute atomic E-state index is 0.573. The number of nitrogens with zero attached hydrogens (tertiary/aromatic N) is 2.